The predicted molar refractivity (Wildman–Crippen MR) is 65.9 cm³/mol. The summed E-state index contributed by atoms with van der Waals surface area (Å²) in [7, 11) is 0. The largest absolute Gasteiger partial charge is 0.472 e. The molecule has 88 valence electrons. The molecule has 0 amide bonds. The van der Waals surface area contributed by atoms with Gasteiger partial charge in [0.05, 0.1) is 6.61 Å². The Morgan fingerprint density at radius 2 is 1.88 bits per heavy atom. The second-order valence-electron chi connectivity index (χ2n) is 3.51. The fourth-order valence-corrected chi connectivity index (χ4v) is 1.63. The lowest BCUT2D eigenvalue weighted by molar-refractivity contribution is 0.253. The lowest BCUT2D eigenvalue weighted by atomic mass is 10.2. The molecular weight excluding hydrogens is 238 g/mol. The number of rotatable bonds is 4. The van der Waals surface area contributed by atoms with E-state index in [0.717, 1.165) is 5.56 Å². The molecule has 0 bridgehead atoms. The van der Waals surface area contributed by atoms with Gasteiger partial charge in [-0.15, -0.1) is 0 Å². The zero-order chi connectivity index (χ0) is 12.1. The smallest absolute Gasteiger partial charge is 0.219 e. The Hall–Kier alpha value is -1.58. The van der Waals surface area contributed by atoms with E-state index < -0.39 is 0 Å². The lowest BCUT2D eigenvalue weighted by Gasteiger charge is -2.09. The van der Waals surface area contributed by atoms with Crippen LogP contribution in [0, 0.1) is 0 Å². The number of pyridine rings is 1. The summed E-state index contributed by atoms with van der Waals surface area (Å²) in [5.41, 5.74) is 1.56. The summed E-state index contributed by atoms with van der Waals surface area (Å²) in [5, 5.41) is 9.79. The molecule has 1 aromatic heterocycles. The highest BCUT2D eigenvalue weighted by Crippen LogP contribution is 2.19. The minimum absolute atomic E-state index is 0.0916. The van der Waals surface area contributed by atoms with Crippen LogP contribution < -0.4 is 4.74 Å². The Bertz CT molecular complexity index is 502. The van der Waals surface area contributed by atoms with Gasteiger partial charge in [0.25, 0.3) is 0 Å². The highest BCUT2D eigenvalue weighted by molar-refractivity contribution is 6.31. The zero-order valence-corrected chi connectivity index (χ0v) is 9.89. The van der Waals surface area contributed by atoms with Crippen molar-refractivity contribution in [3.63, 3.8) is 0 Å². The number of halogens is 1. The zero-order valence-electron chi connectivity index (χ0n) is 9.14. The molecule has 0 spiro atoms. The number of aliphatic hydroxyl groups excluding tert-OH is 1. The summed E-state index contributed by atoms with van der Waals surface area (Å²) in [6.07, 6.45) is 1.63. The molecule has 2 rings (SSSR count). The van der Waals surface area contributed by atoms with E-state index in [-0.39, 0.29) is 6.61 Å². The van der Waals surface area contributed by atoms with Crippen LogP contribution in [0.15, 0.2) is 42.6 Å². The van der Waals surface area contributed by atoms with Gasteiger partial charge in [0.1, 0.15) is 6.61 Å². The first kappa shape index (κ1) is 11.9. The quantitative estimate of drug-likeness (QED) is 0.906. The molecule has 0 aliphatic heterocycles. The molecule has 0 radical (unpaired) electrons. The van der Waals surface area contributed by atoms with Crippen molar-refractivity contribution in [3.05, 3.63) is 58.7 Å². The molecule has 0 fully saturated rings. The Morgan fingerprint density at radius 3 is 2.65 bits per heavy atom. The Labute approximate surface area is 105 Å². The van der Waals surface area contributed by atoms with E-state index in [1.54, 1.807) is 18.3 Å². The Balaban J connectivity index is 2.10. The van der Waals surface area contributed by atoms with E-state index in [4.69, 9.17) is 21.4 Å². The van der Waals surface area contributed by atoms with Gasteiger partial charge in [-0.05, 0) is 18.2 Å². The van der Waals surface area contributed by atoms with E-state index in [1.165, 1.54) is 0 Å². The van der Waals surface area contributed by atoms with Crippen LogP contribution in [0.4, 0.5) is 0 Å². The van der Waals surface area contributed by atoms with Crippen LogP contribution in [0.25, 0.3) is 0 Å². The standard InChI is InChI=1S/C13H12ClNO2/c14-12-6-2-1-4-11(12)9-17-13-10(8-16)5-3-7-15-13/h1-7,16H,8-9H2. The van der Waals surface area contributed by atoms with Crippen molar-refractivity contribution in [2.24, 2.45) is 0 Å². The van der Waals surface area contributed by atoms with Crippen molar-refractivity contribution in [1.29, 1.82) is 0 Å². The van der Waals surface area contributed by atoms with E-state index in [0.29, 0.717) is 23.1 Å². The molecule has 0 aliphatic carbocycles. The number of ether oxygens (including phenoxy) is 1. The SMILES string of the molecule is OCc1cccnc1OCc1ccccc1Cl. The van der Waals surface area contributed by atoms with Gasteiger partial charge >= 0.3 is 0 Å². The molecule has 3 nitrogen and oxygen atoms in total. The molecular formula is C13H12ClNO2. The van der Waals surface area contributed by atoms with Crippen molar-refractivity contribution in [1.82, 2.24) is 4.98 Å². The van der Waals surface area contributed by atoms with Crippen LogP contribution in [-0.2, 0) is 13.2 Å². The average Bonchev–Trinajstić information content (AvgIpc) is 2.38. The van der Waals surface area contributed by atoms with Crippen molar-refractivity contribution in [2.75, 3.05) is 0 Å². The van der Waals surface area contributed by atoms with E-state index in [1.807, 2.05) is 24.3 Å². The van der Waals surface area contributed by atoms with E-state index in [9.17, 15) is 0 Å². The van der Waals surface area contributed by atoms with Crippen molar-refractivity contribution in [2.45, 2.75) is 13.2 Å². The minimum atomic E-state index is -0.0916. The first-order chi connectivity index (χ1) is 8.31. The summed E-state index contributed by atoms with van der Waals surface area (Å²) in [6.45, 7) is 0.245. The fourth-order valence-electron chi connectivity index (χ4n) is 1.44. The molecule has 17 heavy (non-hydrogen) atoms. The Kier molecular flexibility index (Phi) is 3.96. The van der Waals surface area contributed by atoms with Gasteiger partial charge in [-0.3, -0.25) is 0 Å². The van der Waals surface area contributed by atoms with Crippen LogP contribution in [0.2, 0.25) is 5.02 Å². The highest BCUT2D eigenvalue weighted by Gasteiger charge is 2.05. The van der Waals surface area contributed by atoms with Gasteiger partial charge in [0, 0.05) is 22.3 Å². The topological polar surface area (TPSA) is 42.4 Å². The number of benzene rings is 1. The number of nitrogens with zero attached hydrogens (tertiary/aromatic N) is 1. The monoisotopic (exact) mass is 249 g/mol. The first-order valence-corrected chi connectivity index (χ1v) is 5.60. The van der Waals surface area contributed by atoms with Crippen LogP contribution in [0.1, 0.15) is 11.1 Å². The summed E-state index contributed by atoms with van der Waals surface area (Å²) in [5.74, 6) is 0.440. The summed E-state index contributed by atoms with van der Waals surface area (Å²) < 4.78 is 5.54. The third kappa shape index (κ3) is 2.96. The van der Waals surface area contributed by atoms with Crippen molar-refractivity contribution >= 4 is 11.6 Å². The van der Waals surface area contributed by atoms with Crippen molar-refractivity contribution in [3.8, 4) is 5.88 Å². The first-order valence-electron chi connectivity index (χ1n) is 5.22. The predicted octanol–water partition coefficient (Wildman–Crippen LogP) is 2.81. The highest BCUT2D eigenvalue weighted by atomic mass is 35.5. The Morgan fingerprint density at radius 1 is 1.12 bits per heavy atom. The lowest BCUT2D eigenvalue weighted by Crippen LogP contribution is -2.01. The number of aromatic nitrogens is 1. The third-order valence-corrected chi connectivity index (χ3v) is 2.71. The maximum Gasteiger partial charge on any atom is 0.219 e. The normalized spacial score (nSPS) is 10.2. The van der Waals surface area contributed by atoms with Crippen molar-refractivity contribution < 1.29 is 9.84 Å². The summed E-state index contributed by atoms with van der Waals surface area (Å²) in [6, 6.07) is 11.0. The van der Waals surface area contributed by atoms with Gasteiger partial charge in [-0.1, -0.05) is 29.8 Å². The second kappa shape index (κ2) is 5.66. The second-order valence-corrected chi connectivity index (χ2v) is 3.91. The molecule has 2 aromatic rings. The van der Waals surface area contributed by atoms with Crippen LogP contribution in [0.5, 0.6) is 5.88 Å². The van der Waals surface area contributed by atoms with E-state index >= 15 is 0 Å². The van der Waals surface area contributed by atoms with E-state index in [2.05, 4.69) is 4.98 Å². The number of hydrogen-bond acceptors (Lipinski definition) is 3. The fraction of sp³-hybridized carbons (Fsp3) is 0.154. The number of hydrogen-bond donors (Lipinski definition) is 1. The molecule has 0 saturated carbocycles. The molecule has 0 atom stereocenters. The molecule has 0 aliphatic rings. The van der Waals surface area contributed by atoms with Crippen LogP contribution >= 0.6 is 11.6 Å². The van der Waals surface area contributed by atoms with Gasteiger partial charge < -0.3 is 9.84 Å². The third-order valence-electron chi connectivity index (χ3n) is 2.34. The van der Waals surface area contributed by atoms with Gasteiger partial charge in [0.15, 0.2) is 0 Å². The van der Waals surface area contributed by atoms with Gasteiger partial charge in [0.2, 0.25) is 5.88 Å². The van der Waals surface area contributed by atoms with Crippen LogP contribution in [-0.4, -0.2) is 10.1 Å². The molecule has 0 unspecified atom stereocenters. The average molecular weight is 250 g/mol. The number of aliphatic hydroxyl groups is 1. The molecule has 1 N–H and O–H groups in total. The molecule has 4 heteroatoms. The summed E-state index contributed by atoms with van der Waals surface area (Å²) >= 11 is 6.01. The van der Waals surface area contributed by atoms with Crippen LogP contribution in [0.3, 0.4) is 0 Å². The minimum Gasteiger partial charge on any atom is -0.472 e. The van der Waals surface area contributed by atoms with Gasteiger partial charge in [-0.2, -0.15) is 0 Å². The molecule has 1 heterocycles. The molecule has 0 saturated heterocycles. The maximum atomic E-state index is 9.12. The summed E-state index contributed by atoms with van der Waals surface area (Å²) in [4.78, 5) is 4.07. The maximum absolute atomic E-state index is 9.12. The van der Waals surface area contributed by atoms with Gasteiger partial charge in [-0.25, -0.2) is 4.98 Å². The molecule has 1 aromatic carbocycles.